The summed E-state index contributed by atoms with van der Waals surface area (Å²) in [6, 6.07) is 1.99. The maximum atomic E-state index is 13.3. The average Bonchev–Trinajstić information content (AvgIpc) is 2.80. The van der Waals surface area contributed by atoms with E-state index < -0.39 is 17.4 Å². The number of aromatic amines is 1. The molecule has 96 valence electrons. The number of phenols is 1. The van der Waals surface area contributed by atoms with Crippen molar-refractivity contribution in [3.8, 4) is 17.0 Å². The Morgan fingerprint density at radius 1 is 1.21 bits per heavy atom. The van der Waals surface area contributed by atoms with Gasteiger partial charge in [-0.15, -0.1) is 0 Å². The van der Waals surface area contributed by atoms with Crippen molar-refractivity contribution in [1.82, 2.24) is 20.2 Å². The lowest BCUT2D eigenvalue weighted by Crippen LogP contribution is -1.93. The van der Waals surface area contributed by atoms with Crippen LogP contribution in [0, 0.1) is 11.6 Å². The second kappa shape index (κ2) is 3.87. The van der Waals surface area contributed by atoms with Gasteiger partial charge in [-0.05, 0) is 12.1 Å². The van der Waals surface area contributed by atoms with Crippen LogP contribution in [0.3, 0.4) is 0 Å². The van der Waals surface area contributed by atoms with Gasteiger partial charge in [0.05, 0.1) is 11.1 Å². The van der Waals surface area contributed by atoms with Gasteiger partial charge in [-0.1, -0.05) is 0 Å². The Kier molecular flexibility index (Phi) is 2.31. The number of phenolic OH excluding ortho intramolecular Hbond substituents is 1. The first kappa shape index (κ1) is 11.3. The lowest BCUT2D eigenvalue weighted by Gasteiger charge is -2.03. The predicted molar refractivity (Wildman–Crippen MR) is 63.1 cm³/mol. The quantitative estimate of drug-likeness (QED) is 0.619. The molecule has 3 aromatic rings. The van der Waals surface area contributed by atoms with Crippen molar-refractivity contribution < 1.29 is 13.9 Å². The molecule has 3 rings (SSSR count). The molecule has 0 fully saturated rings. The number of nitrogen functional groups attached to an aromatic ring is 1. The number of halogens is 2. The zero-order chi connectivity index (χ0) is 13.6. The van der Waals surface area contributed by atoms with Crippen LogP contribution in [0.2, 0.25) is 0 Å². The summed E-state index contributed by atoms with van der Waals surface area (Å²) >= 11 is 0. The first-order valence-corrected chi connectivity index (χ1v) is 5.21. The Hall–Kier alpha value is -2.77. The van der Waals surface area contributed by atoms with Crippen molar-refractivity contribution in [3.63, 3.8) is 0 Å². The van der Waals surface area contributed by atoms with Crippen molar-refractivity contribution in [1.29, 1.82) is 0 Å². The SMILES string of the molecule is Nc1ncnc2n[nH]c(-c3cc(O)c(F)c(F)c3)c12. The highest BCUT2D eigenvalue weighted by atomic mass is 19.2. The summed E-state index contributed by atoms with van der Waals surface area (Å²) in [6.07, 6.45) is 1.24. The van der Waals surface area contributed by atoms with E-state index in [1.807, 2.05) is 0 Å². The molecule has 0 bridgehead atoms. The van der Waals surface area contributed by atoms with Gasteiger partial charge in [0.1, 0.15) is 12.1 Å². The largest absolute Gasteiger partial charge is 0.505 e. The zero-order valence-electron chi connectivity index (χ0n) is 9.35. The van der Waals surface area contributed by atoms with Gasteiger partial charge in [-0.3, -0.25) is 5.10 Å². The molecule has 0 aliphatic carbocycles. The topological polar surface area (TPSA) is 101 Å². The molecule has 19 heavy (non-hydrogen) atoms. The van der Waals surface area contributed by atoms with E-state index in [1.54, 1.807) is 0 Å². The Balaban J connectivity index is 2.31. The number of H-pyrrole nitrogens is 1. The molecule has 0 aliphatic rings. The van der Waals surface area contributed by atoms with Crippen LogP contribution < -0.4 is 5.73 Å². The molecule has 0 saturated heterocycles. The molecule has 2 heterocycles. The number of hydrogen-bond donors (Lipinski definition) is 3. The van der Waals surface area contributed by atoms with Crippen LogP contribution in [-0.4, -0.2) is 25.3 Å². The minimum absolute atomic E-state index is 0.151. The summed E-state index contributed by atoms with van der Waals surface area (Å²) in [5, 5.41) is 16.2. The van der Waals surface area contributed by atoms with Crippen molar-refractivity contribution in [2.75, 3.05) is 5.73 Å². The lowest BCUT2D eigenvalue weighted by atomic mass is 10.1. The van der Waals surface area contributed by atoms with E-state index in [2.05, 4.69) is 20.2 Å². The van der Waals surface area contributed by atoms with Crippen LogP contribution in [0.25, 0.3) is 22.3 Å². The second-order valence-corrected chi connectivity index (χ2v) is 3.85. The molecule has 8 heteroatoms. The van der Waals surface area contributed by atoms with Gasteiger partial charge in [0.2, 0.25) is 0 Å². The fourth-order valence-corrected chi connectivity index (χ4v) is 1.81. The minimum atomic E-state index is -1.31. The molecular formula is C11H7F2N5O. The first-order chi connectivity index (χ1) is 9.08. The second-order valence-electron chi connectivity index (χ2n) is 3.85. The molecule has 6 nitrogen and oxygen atoms in total. The fraction of sp³-hybridized carbons (Fsp3) is 0. The number of nitrogens with one attached hydrogen (secondary N) is 1. The van der Waals surface area contributed by atoms with E-state index in [9.17, 15) is 13.9 Å². The number of nitrogens with zero attached hydrogens (tertiary/aromatic N) is 3. The normalized spacial score (nSPS) is 11.1. The lowest BCUT2D eigenvalue weighted by molar-refractivity contribution is 0.407. The van der Waals surface area contributed by atoms with Crippen molar-refractivity contribution in [3.05, 3.63) is 30.1 Å². The number of benzene rings is 1. The van der Waals surface area contributed by atoms with E-state index in [0.29, 0.717) is 16.7 Å². The summed E-state index contributed by atoms with van der Waals surface area (Å²) in [7, 11) is 0. The standard InChI is InChI=1S/C11H7F2N5O/c12-5-1-4(2-6(19)8(5)13)9-7-10(14)15-3-16-11(7)18-17-9/h1-3,19H,(H3,14,15,16,17,18). The van der Waals surface area contributed by atoms with Gasteiger partial charge in [0, 0.05) is 5.56 Å². The molecule has 0 aliphatic heterocycles. The van der Waals surface area contributed by atoms with Gasteiger partial charge < -0.3 is 10.8 Å². The van der Waals surface area contributed by atoms with E-state index in [1.165, 1.54) is 6.33 Å². The number of aromatic hydroxyl groups is 1. The maximum Gasteiger partial charge on any atom is 0.200 e. The molecule has 0 atom stereocenters. The molecule has 0 amide bonds. The number of aromatic nitrogens is 4. The van der Waals surface area contributed by atoms with E-state index >= 15 is 0 Å². The fourth-order valence-electron chi connectivity index (χ4n) is 1.81. The van der Waals surface area contributed by atoms with Gasteiger partial charge >= 0.3 is 0 Å². The van der Waals surface area contributed by atoms with Crippen molar-refractivity contribution in [2.45, 2.75) is 0 Å². The molecular weight excluding hydrogens is 256 g/mol. The van der Waals surface area contributed by atoms with Gasteiger partial charge in [-0.25, -0.2) is 14.4 Å². The summed E-state index contributed by atoms with van der Waals surface area (Å²) in [6.45, 7) is 0. The summed E-state index contributed by atoms with van der Waals surface area (Å²) in [5.74, 6) is -3.13. The van der Waals surface area contributed by atoms with E-state index in [4.69, 9.17) is 5.73 Å². The smallest absolute Gasteiger partial charge is 0.200 e. The molecule has 0 radical (unpaired) electrons. The molecule has 0 saturated carbocycles. The van der Waals surface area contributed by atoms with Gasteiger partial charge in [0.15, 0.2) is 23.0 Å². The number of anilines is 1. The molecule has 4 N–H and O–H groups in total. The van der Waals surface area contributed by atoms with Crippen LogP contribution >= 0.6 is 0 Å². The Labute approximate surface area is 104 Å². The zero-order valence-corrected chi connectivity index (χ0v) is 9.35. The van der Waals surface area contributed by atoms with Crippen LogP contribution in [0.1, 0.15) is 0 Å². The van der Waals surface area contributed by atoms with E-state index in [-0.39, 0.29) is 11.4 Å². The van der Waals surface area contributed by atoms with Gasteiger partial charge in [-0.2, -0.15) is 9.49 Å². The summed E-state index contributed by atoms with van der Waals surface area (Å²) in [4.78, 5) is 7.69. The summed E-state index contributed by atoms with van der Waals surface area (Å²) < 4.78 is 26.3. The Morgan fingerprint density at radius 2 is 2.00 bits per heavy atom. The third-order valence-corrected chi connectivity index (χ3v) is 2.68. The number of rotatable bonds is 1. The molecule has 2 aromatic heterocycles. The van der Waals surface area contributed by atoms with Crippen molar-refractivity contribution >= 4 is 16.9 Å². The van der Waals surface area contributed by atoms with Crippen LogP contribution in [0.5, 0.6) is 5.75 Å². The highest BCUT2D eigenvalue weighted by molar-refractivity contribution is 5.97. The minimum Gasteiger partial charge on any atom is -0.505 e. The van der Waals surface area contributed by atoms with Crippen LogP contribution in [0.4, 0.5) is 14.6 Å². The number of fused-ring (bicyclic) bond motifs is 1. The number of nitrogens with two attached hydrogens (primary N) is 1. The average molecular weight is 263 g/mol. The van der Waals surface area contributed by atoms with E-state index in [0.717, 1.165) is 12.1 Å². The predicted octanol–water partition coefficient (Wildman–Crippen LogP) is 1.59. The highest BCUT2D eigenvalue weighted by Gasteiger charge is 2.16. The molecule has 1 aromatic carbocycles. The van der Waals surface area contributed by atoms with Crippen LogP contribution in [0.15, 0.2) is 18.5 Å². The Morgan fingerprint density at radius 3 is 2.74 bits per heavy atom. The molecule has 0 unspecified atom stereocenters. The van der Waals surface area contributed by atoms with Crippen molar-refractivity contribution in [2.24, 2.45) is 0 Å². The molecule has 0 spiro atoms. The number of hydrogen-bond acceptors (Lipinski definition) is 5. The highest BCUT2D eigenvalue weighted by Crippen LogP contribution is 2.32. The van der Waals surface area contributed by atoms with Crippen LogP contribution in [-0.2, 0) is 0 Å². The monoisotopic (exact) mass is 263 g/mol. The first-order valence-electron chi connectivity index (χ1n) is 5.21. The summed E-state index contributed by atoms with van der Waals surface area (Å²) in [5.41, 5.74) is 6.50. The Bertz CT molecular complexity index is 763. The van der Waals surface area contributed by atoms with Gasteiger partial charge in [0.25, 0.3) is 0 Å². The maximum absolute atomic E-state index is 13.3. The third-order valence-electron chi connectivity index (χ3n) is 2.68. The third kappa shape index (κ3) is 1.65.